The zero-order chi connectivity index (χ0) is 15.3. The van der Waals surface area contributed by atoms with Gasteiger partial charge in [-0.25, -0.2) is 4.79 Å². The van der Waals surface area contributed by atoms with Crippen LogP contribution in [0.1, 0.15) is 45.2 Å². The molecule has 0 bridgehead atoms. The van der Waals surface area contributed by atoms with Crippen molar-refractivity contribution in [2.75, 3.05) is 7.05 Å². The first kappa shape index (κ1) is 16.5. The largest absolute Gasteiger partial charge is 0.481 e. The molecule has 0 saturated carbocycles. The number of aliphatic carboxylic acids is 1. The lowest BCUT2D eigenvalue weighted by atomic mass is 10.0. The molecule has 5 nitrogen and oxygen atoms in total. The van der Waals surface area contributed by atoms with E-state index in [4.69, 9.17) is 9.84 Å². The van der Waals surface area contributed by atoms with Crippen molar-refractivity contribution in [3.8, 4) is 0 Å². The summed E-state index contributed by atoms with van der Waals surface area (Å²) in [5.74, 6) is -0.872. The van der Waals surface area contributed by atoms with Crippen LogP contribution in [0.2, 0.25) is 0 Å². The third-order valence-corrected chi connectivity index (χ3v) is 3.41. The van der Waals surface area contributed by atoms with Crippen LogP contribution in [0.4, 0.5) is 4.79 Å². The Balaban J connectivity index is 2.81. The highest BCUT2D eigenvalue weighted by molar-refractivity contribution is 7.07. The molecule has 0 spiro atoms. The van der Waals surface area contributed by atoms with E-state index in [2.05, 4.69) is 0 Å². The molecule has 1 heterocycles. The van der Waals surface area contributed by atoms with Crippen molar-refractivity contribution >= 4 is 23.4 Å². The Bertz CT molecular complexity index is 450. The summed E-state index contributed by atoms with van der Waals surface area (Å²) in [6.45, 7) is 5.40. The molecule has 0 aliphatic rings. The summed E-state index contributed by atoms with van der Waals surface area (Å²) in [6, 6.07) is 1.62. The fourth-order valence-corrected chi connectivity index (χ4v) is 2.48. The van der Waals surface area contributed by atoms with Crippen molar-refractivity contribution < 1.29 is 19.4 Å². The fraction of sp³-hybridized carbons (Fsp3) is 0.571. The minimum absolute atomic E-state index is 0.00759. The average Bonchev–Trinajstić information content (AvgIpc) is 2.79. The third-order valence-electron chi connectivity index (χ3n) is 2.71. The van der Waals surface area contributed by atoms with Gasteiger partial charge < -0.3 is 14.7 Å². The molecule has 1 N–H and O–H groups in total. The topological polar surface area (TPSA) is 66.8 Å². The van der Waals surface area contributed by atoms with Gasteiger partial charge in [-0.1, -0.05) is 0 Å². The molecule has 0 saturated heterocycles. The van der Waals surface area contributed by atoms with Crippen LogP contribution < -0.4 is 0 Å². The standard InChI is InChI=1S/C14H21NO4S/c1-14(2,3)19-13(18)15(4)11(5-6-12(16)17)10-7-8-20-9-10/h7-9,11H,5-6H2,1-4H3,(H,16,17). The Hall–Kier alpha value is -1.56. The van der Waals surface area contributed by atoms with Gasteiger partial charge >= 0.3 is 12.1 Å². The molecule has 6 heteroatoms. The third kappa shape index (κ3) is 5.21. The fourth-order valence-electron chi connectivity index (χ4n) is 1.77. The van der Waals surface area contributed by atoms with Gasteiger partial charge in [0.2, 0.25) is 0 Å². The summed E-state index contributed by atoms with van der Waals surface area (Å²) < 4.78 is 5.33. The van der Waals surface area contributed by atoms with E-state index in [0.29, 0.717) is 6.42 Å². The minimum atomic E-state index is -0.872. The molecule has 1 amide bonds. The Morgan fingerprint density at radius 2 is 2.10 bits per heavy atom. The monoisotopic (exact) mass is 299 g/mol. The summed E-state index contributed by atoms with van der Waals surface area (Å²) in [7, 11) is 1.64. The van der Waals surface area contributed by atoms with Crippen LogP contribution in [0.3, 0.4) is 0 Å². The van der Waals surface area contributed by atoms with Crippen molar-refractivity contribution in [1.29, 1.82) is 0 Å². The minimum Gasteiger partial charge on any atom is -0.481 e. The van der Waals surface area contributed by atoms with E-state index in [0.717, 1.165) is 5.56 Å². The second kappa shape index (κ2) is 6.74. The first-order chi connectivity index (χ1) is 9.20. The molecule has 1 aromatic rings. The Labute approximate surface area is 123 Å². The van der Waals surface area contributed by atoms with Gasteiger partial charge in [0, 0.05) is 13.5 Å². The van der Waals surface area contributed by atoms with Gasteiger partial charge in [-0.15, -0.1) is 0 Å². The number of carbonyl (C=O) groups is 2. The smallest absolute Gasteiger partial charge is 0.410 e. The maximum atomic E-state index is 12.1. The summed E-state index contributed by atoms with van der Waals surface area (Å²) in [5, 5.41) is 12.7. The second-order valence-electron chi connectivity index (χ2n) is 5.60. The first-order valence-electron chi connectivity index (χ1n) is 6.40. The summed E-state index contributed by atoms with van der Waals surface area (Å²) in [6.07, 6.45) is -0.0748. The number of thiophene rings is 1. The van der Waals surface area contributed by atoms with Gasteiger partial charge in [-0.2, -0.15) is 11.3 Å². The van der Waals surface area contributed by atoms with Crippen molar-refractivity contribution in [3.63, 3.8) is 0 Å². The molecule has 0 aliphatic heterocycles. The number of carboxylic acid groups (broad SMARTS) is 1. The molecule has 1 unspecified atom stereocenters. The van der Waals surface area contributed by atoms with E-state index in [1.165, 1.54) is 16.2 Å². The molecule has 112 valence electrons. The van der Waals surface area contributed by atoms with Crippen molar-refractivity contribution in [1.82, 2.24) is 4.90 Å². The number of carbonyl (C=O) groups excluding carboxylic acids is 1. The van der Waals surface area contributed by atoms with Crippen LogP contribution in [-0.4, -0.2) is 34.7 Å². The number of hydrogen-bond donors (Lipinski definition) is 1. The second-order valence-corrected chi connectivity index (χ2v) is 6.38. The maximum Gasteiger partial charge on any atom is 0.410 e. The number of rotatable bonds is 5. The number of carboxylic acids is 1. The average molecular weight is 299 g/mol. The predicted octanol–water partition coefficient (Wildman–Crippen LogP) is 3.52. The van der Waals surface area contributed by atoms with Gasteiger partial charge in [0.05, 0.1) is 6.04 Å². The van der Waals surface area contributed by atoms with Gasteiger partial charge in [0.1, 0.15) is 5.60 Å². The quantitative estimate of drug-likeness (QED) is 0.903. The molecule has 1 aromatic heterocycles. The Morgan fingerprint density at radius 3 is 2.55 bits per heavy atom. The highest BCUT2D eigenvalue weighted by Crippen LogP contribution is 2.27. The molecule has 0 radical (unpaired) electrons. The number of ether oxygens (including phenoxy) is 1. The first-order valence-corrected chi connectivity index (χ1v) is 7.34. The van der Waals surface area contributed by atoms with Crippen LogP contribution >= 0.6 is 11.3 Å². The lowest BCUT2D eigenvalue weighted by molar-refractivity contribution is -0.137. The molecule has 1 rings (SSSR count). The molecular weight excluding hydrogens is 278 g/mol. The Kier molecular flexibility index (Phi) is 5.56. The van der Waals surface area contributed by atoms with Gasteiger partial charge in [0.25, 0.3) is 0 Å². The molecule has 0 aromatic carbocycles. The van der Waals surface area contributed by atoms with Crippen LogP contribution in [0, 0.1) is 0 Å². The number of hydrogen-bond acceptors (Lipinski definition) is 4. The van der Waals surface area contributed by atoms with Crippen LogP contribution in [0.25, 0.3) is 0 Å². The van der Waals surface area contributed by atoms with Crippen LogP contribution in [0.5, 0.6) is 0 Å². The molecular formula is C14H21NO4S. The van der Waals surface area contributed by atoms with Crippen molar-refractivity contribution in [3.05, 3.63) is 22.4 Å². The molecule has 1 atom stereocenters. The summed E-state index contributed by atoms with van der Waals surface area (Å²) >= 11 is 1.52. The van der Waals surface area contributed by atoms with E-state index >= 15 is 0 Å². The van der Waals surface area contributed by atoms with Gasteiger partial charge in [-0.3, -0.25) is 4.79 Å². The van der Waals surface area contributed by atoms with E-state index < -0.39 is 17.7 Å². The van der Waals surface area contributed by atoms with Crippen molar-refractivity contribution in [2.45, 2.75) is 45.3 Å². The van der Waals surface area contributed by atoms with Gasteiger partial charge in [0.15, 0.2) is 0 Å². The molecule has 0 aliphatic carbocycles. The zero-order valence-corrected chi connectivity index (χ0v) is 13.1. The van der Waals surface area contributed by atoms with E-state index in [9.17, 15) is 9.59 Å². The van der Waals surface area contributed by atoms with Gasteiger partial charge in [-0.05, 0) is 49.6 Å². The molecule has 20 heavy (non-hydrogen) atoms. The van der Waals surface area contributed by atoms with E-state index in [1.54, 1.807) is 27.8 Å². The highest BCUT2D eigenvalue weighted by atomic mass is 32.1. The number of nitrogens with zero attached hydrogens (tertiary/aromatic N) is 1. The number of amides is 1. The van der Waals surface area contributed by atoms with Crippen LogP contribution in [0.15, 0.2) is 16.8 Å². The van der Waals surface area contributed by atoms with Crippen LogP contribution in [-0.2, 0) is 9.53 Å². The SMILES string of the molecule is CN(C(=O)OC(C)(C)C)C(CCC(=O)O)c1ccsc1. The van der Waals surface area contributed by atoms with E-state index in [-0.39, 0.29) is 12.5 Å². The zero-order valence-electron chi connectivity index (χ0n) is 12.3. The highest BCUT2D eigenvalue weighted by Gasteiger charge is 2.27. The Morgan fingerprint density at radius 1 is 1.45 bits per heavy atom. The van der Waals surface area contributed by atoms with E-state index in [1.807, 2.05) is 16.8 Å². The predicted molar refractivity (Wildman–Crippen MR) is 77.9 cm³/mol. The summed E-state index contributed by atoms with van der Waals surface area (Å²) in [5.41, 5.74) is 0.363. The lowest BCUT2D eigenvalue weighted by Gasteiger charge is -2.30. The lowest BCUT2D eigenvalue weighted by Crippen LogP contribution is -2.36. The summed E-state index contributed by atoms with van der Waals surface area (Å²) in [4.78, 5) is 24.3. The molecule has 0 fully saturated rings. The van der Waals surface area contributed by atoms with Crippen molar-refractivity contribution in [2.24, 2.45) is 0 Å². The normalized spacial score (nSPS) is 12.8. The maximum absolute atomic E-state index is 12.1.